The minimum absolute atomic E-state index is 0.0970. The Morgan fingerprint density at radius 3 is 2.79 bits per heavy atom. The lowest BCUT2D eigenvalue weighted by molar-refractivity contribution is 0.0286. The maximum absolute atomic E-state index is 11.6. The molecule has 2 aromatic heterocycles. The number of nitrogens with zero attached hydrogens (tertiary/aromatic N) is 2. The molecule has 0 saturated heterocycles. The van der Waals surface area contributed by atoms with Gasteiger partial charge in [-0.1, -0.05) is 19.9 Å². The monoisotopic (exact) mass is 406 g/mol. The minimum Gasteiger partial charge on any atom is -0.493 e. The third kappa shape index (κ3) is 2.83. The third-order valence-electron chi connectivity index (χ3n) is 4.02. The molecular formula is C18H19BrN2O2S. The predicted octanol–water partition coefficient (Wildman–Crippen LogP) is 4.74. The van der Waals surface area contributed by atoms with E-state index in [4.69, 9.17) is 9.72 Å². The lowest BCUT2D eigenvalue weighted by atomic mass is 9.84. The number of fused-ring (bicyclic) bond motifs is 1. The predicted molar refractivity (Wildman–Crippen MR) is 101 cm³/mol. The second-order valence-corrected chi connectivity index (χ2v) is 7.69. The normalized spacial score (nSPS) is 14.1. The molecule has 6 heteroatoms. The van der Waals surface area contributed by atoms with Gasteiger partial charge in [0, 0.05) is 16.9 Å². The van der Waals surface area contributed by atoms with Gasteiger partial charge in [-0.15, -0.1) is 11.3 Å². The highest BCUT2D eigenvalue weighted by molar-refractivity contribution is 9.10. The lowest BCUT2D eigenvalue weighted by Crippen LogP contribution is -2.34. The summed E-state index contributed by atoms with van der Waals surface area (Å²) in [7, 11) is 0. The summed E-state index contributed by atoms with van der Waals surface area (Å²) in [6, 6.07) is 7.66. The molecule has 0 saturated carbocycles. The van der Waals surface area contributed by atoms with Crippen LogP contribution in [0.5, 0.6) is 5.75 Å². The van der Waals surface area contributed by atoms with Gasteiger partial charge in [0.25, 0.3) is 0 Å². The number of benzene rings is 1. The first-order valence-corrected chi connectivity index (χ1v) is 9.44. The Balaban J connectivity index is 2.23. The van der Waals surface area contributed by atoms with Gasteiger partial charge < -0.3 is 9.84 Å². The van der Waals surface area contributed by atoms with E-state index >= 15 is 0 Å². The molecule has 0 fully saturated rings. The van der Waals surface area contributed by atoms with Gasteiger partial charge in [0.2, 0.25) is 0 Å². The highest BCUT2D eigenvalue weighted by Gasteiger charge is 2.41. The van der Waals surface area contributed by atoms with Crippen LogP contribution in [0.25, 0.3) is 10.2 Å². The molecule has 3 aromatic rings. The van der Waals surface area contributed by atoms with E-state index in [9.17, 15) is 5.11 Å². The molecule has 0 aliphatic carbocycles. The van der Waals surface area contributed by atoms with E-state index in [-0.39, 0.29) is 5.92 Å². The average molecular weight is 407 g/mol. The zero-order valence-electron chi connectivity index (χ0n) is 13.8. The summed E-state index contributed by atoms with van der Waals surface area (Å²) in [5.74, 6) is 0.544. The second kappa shape index (κ2) is 6.78. The molecule has 0 amide bonds. The smallest absolute Gasteiger partial charge is 0.148 e. The summed E-state index contributed by atoms with van der Waals surface area (Å²) >= 11 is 5.05. The summed E-state index contributed by atoms with van der Waals surface area (Å²) in [5.41, 5.74) is 0.254. The number of rotatable bonds is 5. The van der Waals surface area contributed by atoms with Crippen LogP contribution >= 0.6 is 27.3 Å². The summed E-state index contributed by atoms with van der Waals surface area (Å²) in [4.78, 5) is 8.90. The molecule has 1 unspecified atom stereocenters. The molecule has 0 aliphatic heterocycles. The van der Waals surface area contributed by atoms with Crippen LogP contribution in [0.15, 0.2) is 41.1 Å². The van der Waals surface area contributed by atoms with Gasteiger partial charge in [0.15, 0.2) is 0 Å². The zero-order valence-corrected chi connectivity index (χ0v) is 16.2. The molecule has 2 heterocycles. The fourth-order valence-electron chi connectivity index (χ4n) is 2.70. The van der Waals surface area contributed by atoms with Crippen molar-refractivity contribution in [3.8, 4) is 5.75 Å². The van der Waals surface area contributed by atoms with Gasteiger partial charge in [-0.3, -0.25) is 4.98 Å². The quantitative estimate of drug-likeness (QED) is 0.664. The molecule has 0 spiro atoms. The Bertz CT molecular complexity index is 865. The van der Waals surface area contributed by atoms with E-state index in [0.717, 1.165) is 14.7 Å². The number of halogens is 1. The van der Waals surface area contributed by atoms with E-state index in [1.165, 1.54) is 11.3 Å². The third-order valence-corrected chi connectivity index (χ3v) is 6.17. The Morgan fingerprint density at radius 1 is 1.33 bits per heavy atom. The number of hydrogen-bond acceptors (Lipinski definition) is 5. The molecule has 0 aliphatic rings. The Kier molecular flexibility index (Phi) is 4.90. The molecule has 1 aromatic carbocycles. The Morgan fingerprint density at radius 2 is 2.12 bits per heavy atom. The Hall–Kier alpha value is -1.50. The number of pyridine rings is 1. The summed E-state index contributed by atoms with van der Waals surface area (Å²) in [6.07, 6.45) is 3.34. The van der Waals surface area contributed by atoms with Crippen molar-refractivity contribution in [2.75, 3.05) is 6.61 Å². The van der Waals surface area contributed by atoms with Gasteiger partial charge in [0.1, 0.15) is 16.4 Å². The van der Waals surface area contributed by atoms with Gasteiger partial charge in [-0.05, 0) is 47.0 Å². The van der Waals surface area contributed by atoms with Gasteiger partial charge in [-0.25, -0.2) is 4.98 Å². The van der Waals surface area contributed by atoms with Crippen molar-refractivity contribution >= 4 is 37.5 Å². The lowest BCUT2D eigenvalue weighted by Gasteiger charge is -2.31. The van der Waals surface area contributed by atoms with E-state index in [2.05, 4.69) is 20.9 Å². The summed E-state index contributed by atoms with van der Waals surface area (Å²) in [6.45, 7) is 6.40. The fourth-order valence-corrected chi connectivity index (χ4v) is 4.52. The first-order valence-electron chi connectivity index (χ1n) is 7.83. The van der Waals surface area contributed by atoms with Crippen LogP contribution in [0.2, 0.25) is 0 Å². The number of hydrogen-bond donors (Lipinski definition) is 1. The van der Waals surface area contributed by atoms with Crippen LogP contribution in [0.4, 0.5) is 0 Å². The van der Waals surface area contributed by atoms with Gasteiger partial charge in [0.05, 0.1) is 22.4 Å². The standard InChI is InChI=1S/C18H19BrN2O2S/c1-4-23-15-8-9-20-10-12(15)18(22,11(2)3)17-21-14-7-5-6-13(19)16(14)24-17/h5-11,22H,4H2,1-3H3. The maximum Gasteiger partial charge on any atom is 0.148 e. The summed E-state index contributed by atoms with van der Waals surface area (Å²) in [5, 5.41) is 12.3. The van der Waals surface area contributed by atoms with Gasteiger partial charge in [-0.2, -0.15) is 0 Å². The van der Waals surface area contributed by atoms with Crippen molar-refractivity contribution in [1.29, 1.82) is 0 Å². The van der Waals surface area contributed by atoms with E-state index in [1.54, 1.807) is 18.5 Å². The number of aliphatic hydroxyl groups is 1. The van der Waals surface area contributed by atoms with Crippen molar-refractivity contribution in [1.82, 2.24) is 9.97 Å². The molecule has 126 valence electrons. The number of aromatic nitrogens is 2. The fraction of sp³-hybridized carbons (Fsp3) is 0.333. The van der Waals surface area contributed by atoms with E-state index in [0.29, 0.717) is 22.9 Å². The van der Waals surface area contributed by atoms with E-state index in [1.807, 2.05) is 39.0 Å². The van der Waals surface area contributed by atoms with Crippen LogP contribution in [-0.2, 0) is 5.60 Å². The average Bonchev–Trinajstić information content (AvgIpc) is 3.01. The topological polar surface area (TPSA) is 55.2 Å². The van der Waals surface area contributed by atoms with Crippen molar-refractivity contribution in [3.05, 3.63) is 51.7 Å². The van der Waals surface area contributed by atoms with Gasteiger partial charge >= 0.3 is 0 Å². The second-order valence-electron chi connectivity index (χ2n) is 5.83. The highest BCUT2D eigenvalue weighted by Crippen LogP contribution is 2.44. The van der Waals surface area contributed by atoms with E-state index < -0.39 is 5.60 Å². The summed E-state index contributed by atoms with van der Waals surface area (Å²) < 4.78 is 7.72. The first kappa shape index (κ1) is 17.3. The SMILES string of the molecule is CCOc1ccncc1C(O)(c1nc2cccc(Br)c2s1)C(C)C. The minimum atomic E-state index is -1.26. The largest absolute Gasteiger partial charge is 0.493 e. The molecule has 4 nitrogen and oxygen atoms in total. The van der Waals surface area contributed by atoms with Crippen LogP contribution in [0, 0.1) is 5.92 Å². The Labute approximate surface area is 153 Å². The van der Waals surface area contributed by atoms with Crippen LogP contribution in [0.3, 0.4) is 0 Å². The molecule has 3 rings (SSSR count). The van der Waals surface area contributed by atoms with Crippen molar-refractivity contribution in [2.45, 2.75) is 26.4 Å². The van der Waals surface area contributed by atoms with Crippen LogP contribution in [-0.4, -0.2) is 21.7 Å². The molecule has 1 N–H and O–H groups in total. The molecule has 1 atom stereocenters. The maximum atomic E-state index is 11.6. The first-order chi connectivity index (χ1) is 11.5. The number of thiazole rings is 1. The van der Waals surface area contributed by atoms with Crippen molar-refractivity contribution < 1.29 is 9.84 Å². The zero-order chi connectivity index (χ0) is 17.3. The van der Waals surface area contributed by atoms with Crippen LogP contribution in [0.1, 0.15) is 31.3 Å². The molecular weight excluding hydrogens is 388 g/mol. The molecule has 0 bridgehead atoms. The molecule has 24 heavy (non-hydrogen) atoms. The highest BCUT2D eigenvalue weighted by atomic mass is 79.9. The van der Waals surface area contributed by atoms with Crippen molar-refractivity contribution in [3.63, 3.8) is 0 Å². The number of ether oxygens (including phenoxy) is 1. The molecule has 0 radical (unpaired) electrons. The van der Waals surface area contributed by atoms with Crippen LogP contribution < -0.4 is 4.74 Å². The van der Waals surface area contributed by atoms with Crippen molar-refractivity contribution in [2.24, 2.45) is 5.92 Å².